The molecule has 0 aliphatic rings. The van der Waals surface area contributed by atoms with E-state index in [1.54, 1.807) is 43.3 Å². The number of ether oxygens (including phenoxy) is 1. The van der Waals surface area contributed by atoms with Gasteiger partial charge >= 0.3 is 5.97 Å². The molecule has 1 aromatic carbocycles. The molecular weight excluding hydrogens is 190 g/mol. The van der Waals surface area contributed by atoms with Gasteiger partial charge in [0.2, 0.25) is 0 Å². The zero-order valence-electron chi connectivity index (χ0n) is 8.57. The van der Waals surface area contributed by atoms with Crippen molar-refractivity contribution in [1.82, 2.24) is 0 Å². The van der Waals surface area contributed by atoms with Gasteiger partial charge in [-0.3, -0.25) is 0 Å². The molecule has 78 valence electrons. The van der Waals surface area contributed by atoms with Crippen LogP contribution in [-0.2, 0) is 4.79 Å². The molecule has 0 aliphatic heterocycles. The average Bonchev–Trinajstić information content (AvgIpc) is 2.22. The first-order chi connectivity index (χ1) is 7.13. The summed E-state index contributed by atoms with van der Waals surface area (Å²) in [7, 11) is 0. The van der Waals surface area contributed by atoms with E-state index >= 15 is 0 Å². The Balaban J connectivity index is 2.70. The second-order valence-electron chi connectivity index (χ2n) is 3.04. The first-order valence-electron chi connectivity index (χ1n) is 4.50. The lowest BCUT2D eigenvalue weighted by Crippen LogP contribution is -2.08. The highest BCUT2D eigenvalue weighted by Gasteiger charge is 2.05. The van der Waals surface area contributed by atoms with E-state index in [9.17, 15) is 4.79 Å². The van der Waals surface area contributed by atoms with E-state index < -0.39 is 0 Å². The number of carbonyl (C=O) groups excluding carboxylic acids is 1. The monoisotopic (exact) mass is 203 g/mol. The number of carbonyl (C=O) groups is 1. The van der Waals surface area contributed by atoms with Gasteiger partial charge in [0.05, 0.1) is 0 Å². The zero-order valence-corrected chi connectivity index (χ0v) is 8.57. The molecule has 0 amide bonds. The molecular formula is C12H13NO2. The Labute approximate surface area is 88.9 Å². The molecule has 2 N–H and O–H groups in total. The van der Waals surface area contributed by atoms with Gasteiger partial charge in [-0.2, -0.15) is 0 Å². The predicted octanol–water partition coefficient (Wildman–Crippen LogP) is 2.31. The first-order valence-corrected chi connectivity index (χ1v) is 4.50. The summed E-state index contributed by atoms with van der Waals surface area (Å²) >= 11 is 0. The minimum absolute atomic E-state index is 0.389. The molecule has 15 heavy (non-hydrogen) atoms. The van der Waals surface area contributed by atoms with Crippen LogP contribution in [0.4, 0.5) is 5.69 Å². The Morgan fingerprint density at radius 2 is 2.00 bits per heavy atom. The van der Waals surface area contributed by atoms with E-state index in [0.29, 0.717) is 17.0 Å². The maximum absolute atomic E-state index is 11.4. The topological polar surface area (TPSA) is 52.3 Å². The summed E-state index contributed by atoms with van der Waals surface area (Å²) in [5.74, 6) is 0.0886. The fraction of sp³-hybridized carbons (Fsp3) is 0.0833. The van der Waals surface area contributed by atoms with E-state index in [4.69, 9.17) is 10.5 Å². The Morgan fingerprint density at radius 1 is 1.40 bits per heavy atom. The van der Waals surface area contributed by atoms with E-state index in [1.165, 1.54) is 0 Å². The van der Waals surface area contributed by atoms with Gasteiger partial charge in [-0.1, -0.05) is 18.7 Å². The van der Waals surface area contributed by atoms with Gasteiger partial charge in [-0.25, -0.2) is 4.79 Å². The number of allylic oxidation sites excluding steroid dienone is 2. The largest absolute Gasteiger partial charge is 0.423 e. The highest BCUT2D eigenvalue weighted by atomic mass is 16.5. The van der Waals surface area contributed by atoms with Crippen LogP contribution in [0, 0.1) is 0 Å². The predicted molar refractivity (Wildman–Crippen MR) is 60.4 cm³/mol. The van der Waals surface area contributed by atoms with Crippen molar-refractivity contribution in [2.75, 3.05) is 5.73 Å². The normalized spacial score (nSPS) is 10.9. The number of nitrogen functional groups attached to an aromatic ring is 1. The Hall–Kier alpha value is -2.03. The van der Waals surface area contributed by atoms with Crippen LogP contribution in [0.2, 0.25) is 0 Å². The van der Waals surface area contributed by atoms with E-state index in [1.807, 2.05) is 0 Å². The van der Waals surface area contributed by atoms with Crippen LogP contribution in [0.3, 0.4) is 0 Å². The number of anilines is 1. The van der Waals surface area contributed by atoms with Crippen LogP contribution in [0.5, 0.6) is 5.75 Å². The van der Waals surface area contributed by atoms with Gasteiger partial charge in [0.1, 0.15) is 5.75 Å². The molecule has 0 radical (unpaired) electrons. The molecule has 0 atom stereocenters. The second kappa shape index (κ2) is 5.00. The lowest BCUT2D eigenvalue weighted by Gasteiger charge is -2.03. The quantitative estimate of drug-likeness (QED) is 0.269. The molecule has 0 saturated carbocycles. The molecule has 0 saturated heterocycles. The summed E-state index contributed by atoms with van der Waals surface area (Å²) in [5.41, 5.74) is 6.63. The Kier molecular flexibility index (Phi) is 3.68. The SMILES string of the molecule is C=CC=C(C)C(=O)Oc1ccc(N)cc1. The van der Waals surface area contributed by atoms with Crippen molar-refractivity contribution in [3.63, 3.8) is 0 Å². The van der Waals surface area contributed by atoms with Crippen LogP contribution >= 0.6 is 0 Å². The number of hydrogen-bond donors (Lipinski definition) is 1. The second-order valence-corrected chi connectivity index (χ2v) is 3.04. The van der Waals surface area contributed by atoms with Crippen molar-refractivity contribution < 1.29 is 9.53 Å². The Morgan fingerprint density at radius 3 is 2.53 bits per heavy atom. The molecule has 3 nitrogen and oxygen atoms in total. The van der Waals surface area contributed by atoms with E-state index in [-0.39, 0.29) is 5.97 Å². The van der Waals surface area contributed by atoms with Crippen molar-refractivity contribution in [2.45, 2.75) is 6.92 Å². The molecule has 0 unspecified atom stereocenters. The number of esters is 1. The number of benzene rings is 1. The standard InChI is InChI=1S/C12H13NO2/c1-3-4-9(2)12(14)15-11-7-5-10(13)6-8-11/h3-8H,1,13H2,2H3. The number of rotatable bonds is 3. The Bertz CT molecular complexity index is 391. The van der Waals surface area contributed by atoms with Gasteiger partial charge in [-0.05, 0) is 31.2 Å². The summed E-state index contributed by atoms with van der Waals surface area (Å²) in [6.45, 7) is 5.17. The van der Waals surface area contributed by atoms with Crippen molar-refractivity contribution in [2.24, 2.45) is 0 Å². The smallest absolute Gasteiger partial charge is 0.339 e. The third kappa shape index (κ3) is 3.31. The first kappa shape index (κ1) is 11.0. The summed E-state index contributed by atoms with van der Waals surface area (Å²) in [6, 6.07) is 6.65. The zero-order chi connectivity index (χ0) is 11.3. The number of hydrogen-bond acceptors (Lipinski definition) is 3. The van der Waals surface area contributed by atoms with Crippen LogP contribution in [0.25, 0.3) is 0 Å². The summed E-state index contributed by atoms with van der Waals surface area (Å²) in [6.07, 6.45) is 3.14. The summed E-state index contributed by atoms with van der Waals surface area (Å²) in [4.78, 5) is 11.4. The van der Waals surface area contributed by atoms with Crippen molar-refractivity contribution >= 4 is 11.7 Å². The lowest BCUT2D eigenvalue weighted by atomic mass is 10.3. The van der Waals surface area contributed by atoms with Gasteiger partial charge in [0.15, 0.2) is 0 Å². The minimum atomic E-state index is -0.389. The minimum Gasteiger partial charge on any atom is -0.423 e. The van der Waals surface area contributed by atoms with Gasteiger partial charge in [-0.15, -0.1) is 0 Å². The highest BCUT2D eigenvalue weighted by molar-refractivity contribution is 5.89. The van der Waals surface area contributed by atoms with Gasteiger partial charge in [0, 0.05) is 11.3 Å². The summed E-state index contributed by atoms with van der Waals surface area (Å²) < 4.78 is 5.07. The van der Waals surface area contributed by atoms with Crippen LogP contribution in [0.15, 0.2) is 48.6 Å². The molecule has 1 aromatic rings. The molecule has 0 aliphatic carbocycles. The highest BCUT2D eigenvalue weighted by Crippen LogP contribution is 2.14. The molecule has 1 rings (SSSR count). The van der Waals surface area contributed by atoms with Crippen molar-refractivity contribution in [3.8, 4) is 5.75 Å². The molecule has 3 heteroatoms. The third-order valence-electron chi connectivity index (χ3n) is 1.78. The maximum Gasteiger partial charge on any atom is 0.339 e. The molecule has 0 aromatic heterocycles. The molecule has 0 spiro atoms. The number of nitrogens with two attached hydrogens (primary N) is 1. The van der Waals surface area contributed by atoms with Crippen LogP contribution in [0.1, 0.15) is 6.92 Å². The summed E-state index contributed by atoms with van der Waals surface area (Å²) in [5, 5.41) is 0. The molecule has 0 heterocycles. The van der Waals surface area contributed by atoms with E-state index in [2.05, 4.69) is 6.58 Å². The van der Waals surface area contributed by atoms with Crippen LogP contribution in [-0.4, -0.2) is 5.97 Å². The fourth-order valence-electron chi connectivity index (χ4n) is 0.968. The fourth-order valence-corrected chi connectivity index (χ4v) is 0.968. The average molecular weight is 203 g/mol. The van der Waals surface area contributed by atoms with E-state index in [0.717, 1.165) is 0 Å². The van der Waals surface area contributed by atoms with Gasteiger partial charge in [0.25, 0.3) is 0 Å². The van der Waals surface area contributed by atoms with Crippen LogP contribution < -0.4 is 10.5 Å². The van der Waals surface area contributed by atoms with Crippen molar-refractivity contribution in [3.05, 3.63) is 48.6 Å². The van der Waals surface area contributed by atoms with Crippen molar-refractivity contribution in [1.29, 1.82) is 0 Å². The lowest BCUT2D eigenvalue weighted by molar-refractivity contribution is -0.130. The molecule has 0 fully saturated rings. The molecule has 0 bridgehead atoms. The maximum atomic E-state index is 11.4. The third-order valence-corrected chi connectivity index (χ3v) is 1.78. The van der Waals surface area contributed by atoms with Gasteiger partial charge < -0.3 is 10.5 Å².